The lowest BCUT2D eigenvalue weighted by Gasteiger charge is -2.15. The second kappa shape index (κ2) is 10.0. The molecule has 0 unspecified atom stereocenters. The summed E-state index contributed by atoms with van der Waals surface area (Å²) in [6, 6.07) is 12.4. The Morgan fingerprint density at radius 3 is 2.57 bits per heavy atom. The highest BCUT2D eigenvalue weighted by Gasteiger charge is 2.17. The number of aromatic nitrogens is 3. The standard InChI is InChI=1S/C25H23N5O5/c1-4-35-24(32)15-6-5-7-16(10-15)29-21-17-9-8-14(11-20(17)27-13-19(21)22(26)31)18-12-28-25(34-3)30-23(18)33-2/h5-13H,4H2,1-3H3,(H2,26,31)(H,27,29). The third-order valence-corrected chi connectivity index (χ3v) is 5.20. The number of rotatable bonds is 8. The minimum Gasteiger partial charge on any atom is -0.480 e. The fourth-order valence-electron chi connectivity index (χ4n) is 3.57. The number of nitrogens with one attached hydrogen (secondary N) is 1. The monoisotopic (exact) mass is 473 g/mol. The molecule has 10 nitrogen and oxygen atoms in total. The van der Waals surface area contributed by atoms with E-state index in [0.717, 1.165) is 5.56 Å². The summed E-state index contributed by atoms with van der Waals surface area (Å²) in [5.74, 6) is -0.733. The Bertz CT molecular complexity index is 1420. The molecule has 2 aromatic heterocycles. The maximum Gasteiger partial charge on any atom is 0.338 e. The molecule has 0 bridgehead atoms. The number of ether oxygens (including phenoxy) is 3. The number of carbonyl (C=O) groups excluding carboxylic acids is 2. The maximum atomic E-state index is 12.2. The first-order valence-corrected chi connectivity index (χ1v) is 10.7. The number of primary amides is 1. The zero-order valence-corrected chi connectivity index (χ0v) is 19.4. The number of hydrogen-bond acceptors (Lipinski definition) is 9. The van der Waals surface area contributed by atoms with Crippen LogP contribution in [0.1, 0.15) is 27.6 Å². The van der Waals surface area contributed by atoms with E-state index in [1.807, 2.05) is 18.2 Å². The van der Waals surface area contributed by atoms with Gasteiger partial charge in [-0.1, -0.05) is 18.2 Å². The van der Waals surface area contributed by atoms with Gasteiger partial charge in [-0.15, -0.1) is 0 Å². The molecule has 4 rings (SSSR count). The lowest BCUT2D eigenvalue weighted by molar-refractivity contribution is 0.0526. The Morgan fingerprint density at radius 2 is 1.86 bits per heavy atom. The summed E-state index contributed by atoms with van der Waals surface area (Å²) in [4.78, 5) is 37.1. The van der Waals surface area contributed by atoms with Crippen LogP contribution >= 0.6 is 0 Å². The van der Waals surface area contributed by atoms with Gasteiger partial charge in [0.25, 0.3) is 5.91 Å². The number of pyridine rings is 1. The number of hydrogen-bond donors (Lipinski definition) is 2. The van der Waals surface area contributed by atoms with Crippen LogP contribution in [0.4, 0.5) is 11.4 Å². The SMILES string of the molecule is CCOC(=O)c1cccc(Nc2c(C(N)=O)cnc3cc(-c4cnc(OC)nc4OC)ccc23)c1. The second-order valence-corrected chi connectivity index (χ2v) is 7.35. The maximum absolute atomic E-state index is 12.2. The van der Waals surface area contributed by atoms with Gasteiger partial charge in [-0.3, -0.25) is 9.78 Å². The molecule has 2 heterocycles. The molecule has 0 saturated carbocycles. The number of carbonyl (C=O) groups is 2. The van der Waals surface area contributed by atoms with Crippen LogP contribution in [-0.4, -0.2) is 47.7 Å². The first-order chi connectivity index (χ1) is 16.9. The first-order valence-electron chi connectivity index (χ1n) is 10.7. The third-order valence-electron chi connectivity index (χ3n) is 5.20. The summed E-state index contributed by atoms with van der Waals surface area (Å²) < 4.78 is 15.5. The van der Waals surface area contributed by atoms with E-state index in [1.165, 1.54) is 20.4 Å². The van der Waals surface area contributed by atoms with E-state index in [0.29, 0.717) is 39.3 Å². The number of esters is 1. The molecule has 3 N–H and O–H groups in total. The predicted molar refractivity (Wildman–Crippen MR) is 130 cm³/mol. The summed E-state index contributed by atoms with van der Waals surface area (Å²) in [6.45, 7) is 2.01. The van der Waals surface area contributed by atoms with Gasteiger partial charge in [0.05, 0.1) is 48.7 Å². The van der Waals surface area contributed by atoms with Gasteiger partial charge in [0.1, 0.15) is 0 Å². The minimum absolute atomic E-state index is 0.187. The van der Waals surface area contributed by atoms with E-state index in [2.05, 4.69) is 20.3 Å². The number of nitrogens with zero attached hydrogens (tertiary/aromatic N) is 3. The van der Waals surface area contributed by atoms with Crippen LogP contribution in [0.5, 0.6) is 11.9 Å². The average molecular weight is 473 g/mol. The van der Waals surface area contributed by atoms with Crippen LogP contribution in [0.15, 0.2) is 54.9 Å². The number of amides is 1. The Labute approximate surface area is 201 Å². The van der Waals surface area contributed by atoms with E-state index in [9.17, 15) is 9.59 Å². The van der Waals surface area contributed by atoms with Crippen LogP contribution in [-0.2, 0) is 4.74 Å². The lowest BCUT2D eigenvalue weighted by Crippen LogP contribution is -2.14. The van der Waals surface area contributed by atoms with Crippen LogP contribution in [0.25, 0.3) is 22.0 Å². The van der Waals surface area contributed by atoms with Crippen molar-refractivity contribution in [2.45, 2.75) is 6.92 Å². The molecule has 0 saturated heterocycles. The zero-order chi connectivity index (χ0) is 24.9. The van der Waals surface area contributed by atoms with Gasteiger partial charge < -0.3 is 25.3 Å². The Morgan fingerprint density at radius 1 is 1.03 bits per heavy atom. The van der Waals surface area contributed by atoms with E-state index in [1.54, 1.807) is 37.4 Å². The van der Waals surface area contributed by atoms with Gasteiger partial charge >= 0.3 is 12.0 Å². The molecule has 0 aliphatic carbocycles. The molecular weight excluding hydrogens is 450 g/mol. The number of benzene rings is 2. The fraction of sp³-hybridized carbons (Fsp3) is 0.160. The number of methoxy groups -OCH3 is 2. The summed E-state index contributed by atoms with van der Waals surface area (Å²) in [7, 11) is 2.98. The molecule has 2 aromatic carbocycles. The summed E-state index contributed by atoms with van der Waals surface area (Å²) >= 11 is 0. The normalized spacial score (nSPS) is 10.6. The van der Waals surface area contributed by atoms with Crippen molar-refractivity contribution < 1.29 is 23.8 Å². The van der Waals surface area contributed by atoms with Crippen molar-refractivity contribution in [3.05, 3.63) is 66.0 Å². The van der Waals surface area contributed by atoms with Crippen molar-refractivity contribution in [2.24, 2.45) is 5.73 Å². The summed E-state index contributed by atoms with van der Waals surface area (Å²) in [5.41, 5.74) is 9.25. The van der Waals surface area contributed by atoms with Crippen LogP contribution in [0, 0.1) is 0 Å². The minimum atomic E-state index is -0.641. The Balaban J connectivity index is 1.79. The third kappa shape index (κ3) is 4.81. The van der Waals surface area contributed by atoms with Crippen molar-refractivity contribution in [3.63, 3.8) is 0 Å². The van der Waals surface area contributed by atoms with E-state index >= 15 is 0 Å². The molecule has 0 aliphatic rings. The van der Waals surface area contributed by atoms with Gasteiger partial charge in [-0.25, -0.2) is 9.78 Å². The highest BCUT2D eigenvalue weighted by Crippen LogP contribution is 2.34. The second-order valence-electron chi connectivity index (χ2n) is 7.35. The molecule has 1 amide bonds. The van der Waals surface area contributed by atoms with Gasteiger partial charge in [0, 0.05) is 23.5 Å². The van der Waals surface area contributed by atoms with Crippen LogP contribution in [0.3, 0.4) is 0 Å². The van der Waals surface area contributed by atoms with Crippen molar-refractivity contribution in [1.29, 1.82) is 0 Å². The smallest absolute Gasteiger partial charge is 0.338 e. The molecule has 0 atom stereocenters. The zero-order valence-electron chi connectivity index (χ0n) is 19.4. The quantitative estimate of drug-likeness (QED) is 0.366. The number of anilines is 2. The molecule has 0 aliphatic heterocycles. The molecule has 10 heteroatoms. The first kappa shape index (κ1) is 23.4. The fourth-order valence-corrected chi connectivity index (χ4v) is 3.57. The van der Waals surface area contributed by atoms with Crippen molar-refractivity contribution in [2.75, 3.05) is 26.1 Å². The number of nitrogens with two attached hydrogens (primary N) is 1. The van der Waals surface area contributed by atoms with Gasteiger partial charge in [0.15, 0.2) is 0 Å². The van der Waals surface area contributed by atoms with E-state index < -0.39 is 11.9 Å². The average Bonchev–Trinajstić information content (AvgIpc) is 2.88. The predicted octanol–water partition coefficient (Wildman–Crippen LogP) is 3.73. The van der Waals surface area contributed by atoms with Crippen molar-refractivity contribution in [3.8, 4) is 23.0 Å². The molecule has 35 heavy (non-hydrogen) atoms. The van der Waals surface area contributed by atoms with Crippen molar-refractivity contribution in [1.82, 2.24) is 15.0 Å². The largest absolute Gasteiger partial charge is 0.480 e. The molecule has 4 aromatic rings. The summed E-state index contributed by atoms with van der Waals surface area (Å²) in [5, 5.41) is 3.87. The Kier molecular flexibility index (Phi) is 6.72. The van der Waals surface area contributed by atoms with Crippen molar-refractivity contribution >= 4 is 34.2 Å². The highest BCUT2D eigenvalue weighted by atomic mass is 16.5. The molecule has 0 radical (unpaired) electrons. The molecule has 178 valence electrons. The van der Waals surface area contributed by atoms with E-state index in [-0.39, 0.29) is 18.2 Å². The van der Waals surface area contributed by atoms with E-state index in [4.69, 9.17) is 19.9 Å². The summed E-state index contributed by atoms with van der Waals surface area (Å²) in [6.07, 6.45) is 3.01. The molecule has 0 fully saturated rings. The number of fused-ring (bicyclic) bond motifs is 1. The van der Waals surface area contributed by atoms with Gasteiger partial charge in [-0.05, 0) is 36.8 Å². The van der Waals surface area contributed by atoms with Crippen LogP contribution < -0.4 is 20.5 Å². The van der Waals surface area contributed by atoms with Gasteiger partial charge in [0.2, 0.25) is 5.88 Å². The topological polar surface area (TPSA) is 139 Å². The Hall–Kier alpha value is -4.73. The van der Waals surface area contributed by atoms with Crippen LogP contribution in [0.2, 0.25) is 0 Å². The molecule has 0 spiro atoms. The highest BCUT2D eigenvalue weighted by molar-refractivity contribution is 6.08. The van der Waals surface area contributed by atoms with Gasteiger partial charge in [-0.2, -0.15) is 4.98 Å². The molecular formula is C25H23N5O5. The lowest BCUT2D eigenvalue weighted by atomic mass is 10.0.